The maximum absolute atomic E-state index is 5.41. The predicted molar refractivity (Wildman–Crippen MR) is 105 cm³/mol. The summed E-state index contributed by atoms with van der Waals surface area (Å²) in [6.45, 7) is 0. The molecule has 0 aromatic rings. The minimum atomic E-state index is 0.607. The van der Waals surface area contributed by atoms with Gasteiger partial charge < -0.3 is 0 Å². The molecule has 0 unspecified atom stereocenters. The summed E-state index contributed by atoms with van der Waals surface area (Å²) in [5.74, 6) is 0. The first-order chi connectivity index (χ1) is 10.8. The van der Waals surface area contributed by atoms with Gasteiger partial charge in [0.15, 0.2) is 0 Å². The molecular weight excluding hydrogens is 620 g/mol. The van der Waals surface area contributed by atoms with Crippen molar-refractivity contribution in [2.45, 2.75) is 0 Å². The van der Waals surface area contributed by atoms with E-state index in [0.29, 0.717) is 59.8 Å². The van der Waals surface area contributed by atoms with Crippen molar-refractivity contribution in [2.24, 2.45) is 0 Å². The van der Waals surface area contributed by atoms with Crippen LogP contribution in [0.15, 0.2) is 43.0 Å². The number of thioether (sulfide) groups is 4. The Balaban J connectivity index is 1.47. The second kappa shape index (κ2) is 7.57. The van der Waals surface area contributed by atoms with Gasteiger partial charge >= 0.3 is 174 Å². The fraction of sp³-hybridized carbons (Fsp3) is 0.167. The summed E-state index contributed by atoms with van der Waals surface area (Å²) in [5, 5.41) is 1.79. The molecule has 10 heteroatoms. The van der Waals surface area contributed by atoms with Gasteiger partial charge in [-0.25, -0.2) is 0 Å². The van der Waals surface area contributed by atoms with E-state index in [1.807, 2.05) is 30.3 Å². The number of rotatable bonds is 2. The van der Waals surface area contributed by atoms with Crippen LogP contribution in [0.3, 0.4) is 0 Å². The van der Waals surface area contributed by atoms with Gasteiger partial charge in [-0.15, -0.1) is 0 Å². The molecule has 0 bridgehead atoms. The van der Waals surface area contributed by atoms with Crippen LogP contribution in [0.4, 0.5) is 0 Å². The molecule has 0 aromatic heterocycles. The summed E-state index contributed by atoms with van der Waals surface area (Å²) in [4.78, 5) is 4.82. The summed E-state index contributed by atoms with van der Waals surface area (Å²) in [7, 11) is 3.43. The fourth-order valence-corrected chi connectivity index (χ4v) is 24.4. The van der Waals surface area contributed by atoms with Crippen LogP contribution in [0.2, 0.25) is 0 Å². The van der Waals surface area contributed by atoms with E-state index < -0.39 is 0 Å². The van der Waals surface area contributed by atoms with Crippen molar-refractivity contribution in [1.29, 1.82) is 0 Å². The Morgan fingerprint density at radius 3 is 1.73 bits per heavy atom. The number of hydrogen-bond acceptors (Lipinski definition) is 6. The Kier molecular flexibility index (Phi) is 5.92. The summed E-state index contributed by atoms with van der Waals surface area (Å²) >= 11 is 10.0. The Morgan fingerprint density at radius 2 is 1.23 bits per heavy atom. The zero-order chi connectivity index (χ0) is 15.1. The molecule has 4 aliphatic rings. The second-order valence-corrected chi connectivity index (χ2v) is 20.3. The molecule has 4 heterocycles. The van der Waals surface area contributed by atoms with E-state index in [9.17, 15) is 0 Å². The summed E-state index contributed by atoms with van der Waals surface area (Å²) in [6.07, 6.45) is 0. The molecule has 0 spiro atoms. The van der Waals surface area contributed by atoms with Crippen LogP contribution in [0.5, 0.6) is 0 Å². The molecule has 116 valence electrons. The Morgan fingerprint density at radius 1 is 0.727 bits per heavy atom. The third-order valence-electron chi connectivity index (χ3n) is 2.56. The second-order valence-electron chi connectivity index (χ2n) is 3.83. The SMILES string of the molecule is COC1=C(OC)SC(=C2SC3=C(S2)[Se]C(=C2[Se]C=C[Se]2)[Se]3)S1. The van der Waals surface area contributed by atoms with Crippen LogP contribution in [0.25, 0.3) is 0 Å². The number of hydrogen-bond donors (Lipinski definition) is 0. The molecule has 0 aliphatic carbocycles. The molecule has 0 saturated heterocycles. The zero-order valence-corrected chi connectivity index (χ0v) is 21.4. The Bertz CT molecular complexity index is 645. The average molecular weight is 628 g/mol. The first kappa shape index (κ1) is 17.2. The van der Waals surface area contributed by atoms with E-state index in [-0.39, 0.29) is 0 Å². The van der Waals surface area contributed by atoms with Crippen LogP contribution in [-0.4, -0.2) is 74.0 Å². The van der Waals surface area contributed by atoms with Gasteiger partial charge in [-0.3, -0.25) is 0 Å². The van der Waals surface area contributed by atoms with Gasteiger partial charge in [0, 0.05) is 0 Å². The summed E-state index contributed by atoms with van der Waals surface area (Å²) in [5.41, 5.74) is 0. The molecule has 0 saturated carbocycles. The van der Waals surface area contributed by atoms with Crippen molar-refractivity contribution in [3.8, 4) is 0 Å². The van der Waals surface area contributed by atoms with Crippen molar-refractivity contribution in [2.75, 3.05) is 14.2 Å². The summed E-state index contributed by atoms with van der Waals surface area (Å²) < 4.78 is 20.6. The number of ether oxygens (including phenoxy) is 2. The molecule has 0 amide bonds. The first-order valence-electron chi connectivity index (χ1n) is 5.89. The topological polar surface area (TPSA) is 18.5 Å². The molecule has 0 atom stereocenters. The van der Waals surface area contributed by atoms with E-state index in [1.54, 1.807) is 45.4 Å². The molecule has 4 aliphatic heterocycles. The third kappa shape index (κ3) is 3.38. The molecule has 0 fully saturated rings. The monoisotopic (exact) mass is 632 g/mol. The van der Waals surface area contributed by atoms with Crippen molar-refractivity contribution in [3.63, 3.8) is 0 Å². The molecule has 0 radical (unpaired) electrons. The van der Waals surface area contributed by atoms with Gasteiger partial charge in [0.2, 0.25) is 0 Å². The van der Waals surface area contributed by atoms with Crippen LogP contribution in [-0.2, 0) is 9.47 Å². The first-order valence-corrected chi connectivity index (χ1v) is 16.3. The molecule has 4 rings (SSSR count). The quantitative estimate of drug-likeness (QED) is 0.435. The third-order valence-corrected chi connectivity index (χ3v) is 24.5. The van der Waals surface area contributed by atoms with Crippen LogP contribution >= 0.6 is 47.0 Å². The maximum atomic E-state index is 5.41. The van der Waals surface area contributed by atoms with Crippen molar-refractivity contribution in [1.82, 2.24) is 0 Å². The van der Waals surface area contributed by atoms with Crippen molar-refractivity contribution in [3.05, 3.63) is 43.0 Å². The van der Waals surface area contributed by atoms with E-state index >= 15 is 0 Å². The van der Waals surface area contributed by atoms with Gasteiger partial charge in [-0.05, 0) is 0 Å². The molecule has 0 aromatic carbocycles. The number of methoxy groups -OCH3 is 2. The molecule has 2 nitrogen and oxygen atoms in total. The van der Waals surface area contributed by atoms with Crippen LogP contribution in [0.1, 0.15) is 0 Å². The van der Waals surface area contributed by atoms with E-state index in [0.717, 1.165) is 10.2 Å². The molecule has 22 heavy (non-hydrogen) atoms. The van der Waals surface area contributed by atoms with E-state index in [4.69, 9.17) is 9.47 Å². The minimum absolute atomic E-state index is 0.607. The van der Waals surface area contributed by atoms with E-state index in [1.165, 1.54) is 8.47 Å². The Labute approximate surface area is 171 Å². The van der Waals surface area contributed by atoms with E-state index in [2.05, 4.69) is 9.95 Å². The average Bonchev–Trinajstić information content (AvgIpc) is 3.26. The van der Waals surface area contributed by atoms with Gasteiger partial charge in [-0.1, -0.05) is 0 Å². The van der Waals surface area contributed by atoms with Gasteiger partial charge in [0.1, 0.15) is 0 Å². The van der Waals surface area contributed by atoms with Gasteiger partial charge in [0.05, 0.1) is 0 Å². The standard InChI is InChI=1S/C12H8O2S4Se4/c1-13-5-6(14-2)16-7(15-5)8-17-9-10(18-8)22-12(21-9)11-19-3-4-20-11/h3-4H,1-2H3. The Hall–Kier alpha value is 1.78. The van der Waals surface area contributed by atoms with Gasteiger partial charge in [0.25, 0.3) is 0 Å². The normalized spacial score (nSPS) is 24.3. The van der Waals surface area contributed by atoms with Crippen LogP contribution < -0.4 is 0 Å². The van der Waals surface area contributed by atoms with Crippen LogP contribution in [0, 0.1) is 0 Å². The predicted octanol–water partition coefficient (Wildman–Crippen LogP) is 3.06. The van der Waals surface area contributed by atoms with Crippen molar-refractivity contribution >= 4 is 107 Å². The molecule has 0 N–H and O–H groups in total. The summed E-state index contributed by atoms with van der Waals surface area (Å²) in [6, 6.07) is 0. The van der Waals surface area contributed by atoms with Gasteiger partial charge in [-0.2, -0.15) is 0 Å². The van der Waals surface area contributed by atoms with Crippen molar-refractivity contribution < 1.29 is 9.47 Å². The molecular formula is C12H8O2S4Se4. The fourth-order valence-electron chi connectivity index (χ4n) is 1.66. The zero-order valence-electron chi connectivity index (χ0n) is 11.2.